The fourth-order valence-corrected chi connectivity index (χ4v) is 1.67. The Bertz CT molecular complexity index is 525. The lowest BCUT2D eigenvalue weighted by Crippen LogP contribution is -2.04. The highest BCUT2D eigenvalue weighted by molar-refractivity contribution is 5.71. The number of ether oxygens (including phenoxy) is 1. The van der Waals surface area contributed by atoms with Crippen LogP contribution >= 0.6 is 0 Å². The van der Waals surface area contributed by atoms with Gasteiger partial charge in [-0.25, -0.2) is 9.97 Å². The number of nitrogens with one attached hydrogen (secondary N) is 1. The third kappa shape index (κ3) is 2.40. The van der Waals surface area contributed by atoms with Gasteiger partial charge >= 0.3 is 0 Å². The van der Waals surface area contributed by atoms with E-state index in [1.807, 2.05) is 26.0 Å². The summed E-state index contributed by atoms with van der Waals surface area (Å²) in [4.78, 5) is 12.7. The quantitative estimate of drug-likeness (QED) is 0.894. The third-order valence-electron chi connectivity index (χ3n) is 2.54. The van der Waals surface area contributed by atoms with Crippen LogP contribution in [0.4, 0.5) is 5.82 Å². The predicted octanol–water partition coefficient (Wildman–Crippen LogP) is 2.29. The summed E-state index contributed by atoms with van der Waals surface area (Å²) in [6, 6.07) is 3.92. The summed E-state index contributed by atoms with van der Waals surface area (Å²) in [6.45, 7) is 4.73. The molecule has 18 heavy (non-hydrogen) atoms. The van der Waals surface area contributed by atoms with Crippen molar-refractivity contribution in [2.45, 2.75) is 13.8 Å². The van der Waals surface area contributed by atoms with Gasteiger partial charge in [0.1, 0.15) is 12.0 Å². The van der Waals surface area contributed by atoms with Gasteiger partial charge < -0.3 is 10.1 Å². The third-order valence-corrected chi connectivity index (χ3v) is 2.54. The van der Waals surface area contributed by atoms with E-state index in [1.165, 1.54) is 6.33 Å². The molecule has 0 aliphatic rings. The van der Waals surface area contributed by atoms with Gasteiger partial charge in [0.15, 0.2) is 11.6 Å². The van der Waals surface area contributed by atoms with Gasteiger partial charge in [0.2, 0.25) is 0 Å². The highest BCUT2D eigenvalue weighted by Gasteiger charge is 2.13. The molecule has 94 valence electrons. The summed E-state index contributed by atoms with van der Waals surface area (Å²) in [6.07, 6.45) is 3.31. The standard InChI is InChI=1S/C13H16N4O/c1-4-14-13-12(18-3)11(16-8-17-13)10-6-5-9(2)15-7-10/h5-8H,4H2,1-3H3,(H,14,16,17). The van der Waals surface area contributed by atoms with Gasteiger partial charge in [-0.15, -0.1) is 0 Å². The maximum atomic E-state index is 5.40. The lowest BCUT2D eigenvalue weighted by molar-refractivity contribution is 0.414. The first kappa shape index (κ1) is 12.3. The SMILES string of the molecule is CCNc1ncnc(-c2ccc(C)nc2)c1OC. The fraction of sp³-hybridized carbons (Fsp3) is 0.308. The highest BCUT2D eigenvalue weighted by Crippen LogP contribution is 2.32. The Morgan fingerprint density at radius 1 is 1.22 bits per heavy atom. The van der Waals surface area contributed by atoms with E-state index in [9.17, 15) is 0 Å². The second-order valence-electron chi connectivity index (χ2n) is 3.82. The summed E-state index contributed by atoms with van der Waals surface area (Å²) in [7, 11) is 1.62. The average Bonchev–Trinajstić information content (AvgIpc) is 2.40. The molecule has 5 heteroatoms. The molecule has 0 aromatic carbocycles. The van der Waals surface area contributed by atoms with Crippen molar-refractivity contribution in [1.82, 2.24) is 15.0 Å². The van der Waals surface area contributed by atoms with Crippen LogP contribution in [-0.4, -0.2) is 28.6 Å². The maximum Gasteiger partial charge on any atom is 0.187 e. The summed E-state index contributed by atoms with van der Waals surface area (Å²) in [5, 5.41) is 3.15. The number of aromatic nitrogens is 3. The van der Waals surface area contributed by atoms with Crippen LogP contribution in [0.15, 0.2) is 24.7 Å². The lowest BCUT2D eigenvalue weighted by Gasteiger charge is -2.12. The molecule has 0 aliphatic carbocycles. The van der Waals surface area contributed by atoms with Crippen LogP contribution in [0.1, 0.15) is 12.6 Å². The van der Waals surface area contributed by atoms with Gasteiger partial charge in [-0.3, -0.25) is 4.98 Å². The average molecular weight is 244 g/mol. The molecule has 0 amide bonds. The molecule has 0 unspecified atom stereocenters. The number of nitrogens with zero attached hydrogens (tertiary/aromatic N) is 3. The Morgan fingerprint density at radius 3 is 2.67 bits per heavy atom. The number of hydrogen-bond acceptors (Lipinski definition) is 5. The van der Waals surface area contributed by atoms with Crippen molar-refractivity contribution >= 4 is 5.82 Å². The Morgan fingerprint density at radius 2 is 2.06 bits per heavy atom. The molecule has 0 bridgehead atoms. The fourth-order valence-electron chi connectivity index (χ4n) is 1.67. The van der Waals surface area contributed by atoms with Crippen LogP contribution in [0.2, 0.25) is 0 Å². The van der Waals surface area contributed by atoms with Crippen molar-refractivity contribution < 1.29 is 4.74 Å². The van der Waals surface area contributed by atoms with Crippen molar-refractivity contribution in [2.75, 3.05) is 19.0 Å². The van der Waals surface area contributed by atoms with Crippen LogP contribution in [0.25, 0.3) is 11.3 Å². The van der Waals surface area contributed by atoms with Gasteiger partial charge in [-0.05, 0) is 26.0 Å². The zero-order chi connectivity index (χ0) is 13.0. The zero-order valence-corrected chi connectivity index (χ0v) is 10.8. The molecule has 0 atom stereocenters. The van der Waals surface area contributed by atoms with Gasteiger partial charge in [0, 0.05) is 24.0 Å². The number of rotatable bonds is 4. The van der Waals surface area contributed by atoms with Gasteiger partial charge in [-0.2, -0.15) is 0 Å². The zero-order valence-electron chi connectivity index (χ0n) is 10.8. The molecule has 5 nitrogen and oxygen atoms in total. The van der Waals surface area contributed by atoms with Crippen molar-refractivity contribution in [3.63, 3.8) is 0 Å². The topological polar surface area (TPSA) is 59.9 Å². The molecule has 0 fully saturated rings. The second kappa shape index (κ2) is 5.44. The van der Waals surface area contributed by atoms with Crippen molar-refractivity contribution in [2.24, 2.45) is 0 Å². The minimum absolute atomic E-state index is 0.644. The maximum absolute atomic E-state index is 5.40. The molecule has 0 aliphatic heterocycles. The molecule has 0 saturated carbocycles. The van der Waals surface area contributed by atoms with E-state index >= 15 is 0 Å². The smallest absolute Gasteiger partial charge is 0.187 e. The van der Waals surface area contributed by atoms with E-state index in [-0.39, 0.29) is 0 Å². The first-order valence-electron chi connectivity index (χ1n) is 5.82. The number of anilines is 1. The number of methoxy groups -OCH3 is 1. The molecule has 1 N–H and O–H groups in total. The Labute approximate surface area is 106 Å². The first-order valence-corrected chi connectivity index (χ1v) is 5.82. The molecule has 0 radical (unpaired) electrons. The summed E-state index contributed by atoms with van der Waals surface area (Å²) in [5.41, 5.74) is 2.63. The Balaban J connectivity index is 2.49. The van der Waals surface area contributed by atoms with E-state index < -0.39 is 0 Å². The molecule has 0 spiro atoms. The minimum atomic E-state index is 0.644. The van der Waals surface area contributed by atoms with Crippen LogP contribution in [0.3, 0.4) is 0 Å². The van der Waals surface area contributed by atoms with Crippen LogP contribution in [-0.2, 0) is 0 Å². The van der Waals surface area contributed by atoms with Gasteiger partial charge in [0.25, 0.3) is 0 Å². The predicted molar refractivity (Wildman–Crippen MR) is 70.7 cm³/mol. The largest absolute Gasteiger partial charge is 0.491 e. The van der Waals surface area contributed by atoms with E-state index in [0.717, 1.165) is 23.5 Å². The molecular formula is C13H16N4O. The highest BCUT2D eigenvalue weighted by atomic mass is 16.5. The molecule has 0 saturated heterocycles. The van der Waals surface area contributed by atoms with E-state index in [2.05, 4.69) is 20.3 Å². The summed E-state index contributed by atoms with van der Waals surface area (Å²) < 4.78 is 5.40. The number of pyridine rings is 1. The van der Waals surface area contributed by atoms with E-state index in [1.54, 1.807) is 13.3 Å². The van der Waals surface area contributed by atoms with E-state index in [4.69, 9.17) is 4.74 Å². The van der Waals surface area contributed by atoms with Crippen LogP contribution in [0.5, 0.6) is 5.75 Å². The van der Waals surface area contributed by atoms with Crippen molar-refractivity contribution in [3.05, 3.63) is 30.4 Å². The molecule has 2 aromatic rings. The van der Waals surface area contributed by atoms with Crippen LogP contribution < -0.4 is 10.1 Å². The van der Waals surface area contributed by atoms with Crippen molar-refractivity contribution in [1.29, 1.82) is 0 Å². The summed E-state index contributed by atoms with van der Waals surface area (Å²) >= 11 is 0. The Kier molecular flexibility index (Phi) is 3.72. The number of hydrogen-bond donors (Lipinski definition) is 1. The molecular weight excluding hydrogens is 228 g/mol. The second-order valence-corrected chi connectivity index (χ2v) is 3.82. The minimum Gasteiger partial charge on any atom is -0.491 e. The van der Waals surface area contributed by atoms with E-state index in [0.29, 0.717) is 11.6 Å². The Hall–Kier alpha value is -2.17. The van der Waals surface area contributed by atoms with Crippen molar-refractivity contribution in [3.8, 4) is 17.0 Å². The summed E-state index contributed by atoms with van der Waals surface area (Å²) in [5.74, 6) is 1.34. The number of aryl methyl sites for hydroxylation is 1. The molecule has 2 aromatic heterocycles. The molecule has 2 heterocycles. The van der Waals surface area contributed by atoms with Gasteiger partial charge in [0.05, 0.1) is 7.11 Å². The van der Waals surface area contributed by atoms with Crippen LogP contribution in [0, 0.1) is 6.92 Å². The van der Waals surface area contributed by atoms with Gasteiger partial charge in [-0.1, -0.05) is 0 Å². The lowest BCUT2D eigenvalue weighted by atomic mass is 10.1. The molecule has 2 rings (SSSR count). The normalized spacial score (nSPS) is 10.2. The monoisotopic (exact) mass is 244 g/mol. The first-order chi connectivity index (χ1) is 8.76.